The van der Waals surface area contributed by atoms with E-state index in [1.165, 1.54) is 0 Å². The number of thiazole rings is 1. The number of benzene rings is 1. The Morgan fingerprint density at radius 1 is 1.15 bits per heavy atom. The van der Waals surface area contributed by atoms with E-state index in [1.807, 2.05) is 6.07 Å². The lowest BCUT2D eigenvalue weighted by molar-refractivity contribution is 0.161. The van der Waals surface area contributed by atoms with E-state index in [-0.39, 0.29) is 11.1 Å². The summed E-state index contributed by atoms with van der Waals surface area (Å²) in [4.78, 5) is 21.5. The maximum atomic E-state index is 9.56. The van der Waals surface area contributed by atoms with Crippen LogP contribution in [0.5, 0.6) is 0 Å². The van der Waals surface area contributed by atoms with Crippen LogP contribution in [0.3, 0.4) is 0 Å². The van der Waals surface area contributed by atoms with Crippen molar-refractivity contribution < 1.29 is 4.42 Å². The Morgan fingerprint density at radius 3 is 2.58 bits per heavy atom. The number of anilines is 1. The van der Waals surface area contributed by atoms with Gasteiger partial charge in [-0.05, 0) is 52.7 Å². The van der Waals surface area contributed by atoms with Crippen LogP contribution in [0.1, 0.15) is 52.0 Å². The zero-order valence-electron chi connectivity index (χ0n) is 19.7. The molecule has 9 heteroatoms. The number of hydrogen-bond donors (Lipinski definition) is 1. The van der Waals surface area contributed by atoms with Crippen LogP contribution in [0.25, 0.3) is 32.8 Å². The highest BCUT2D eigenvalue weighted by Crippen LogP contribution is 2.36. The first-order valence-electron chi connectivity index (χ1n) is 11.0. The van der Waals surface area contributed by atoms with Crippen LogP contribution in [0.2, 0.25) is 0 Å². The fourth-order valence-electron chi connectivity index (χ4n) is 5.07. The number of rotatable bonds is 3. The molecule has 1 aliphatic heterocycles. The highest BCUT2D eigenvalue weighted by molar-refractivity contribution is 7.21. The summed E-state index contributed by atoms with van der Waals surface area (Å²) in [5, 5.41) is 14.2. The monoisotopic (exact) mass is 461 g/mol. The topological polar surface area (TPSA) is 104 Å². The van der Waals surface area contributed by atoms with Crippen LogP contribution in [0.4, 0.5) is 5.13 Å². The van der Waals surface area contributed by atoms with Gasteiger partial charge in [-0.15, -0.1) is 0 Å². The van der Waals surface area contributed by atoms with Crippen molar-refractivity contribution in [3.05, 3.63) is 29.8 Å². The minimum atomic E-state index is 0.0560. The Bertz CT molecular complexity index is 1400. The van der Waals surface area contributed by atoms with Crippen molar-refractivity contribution in [3.8, 4) is 17.5 Å². The summed E-state index contributed by atoms with van der Waals surface area (Å²) in [7, 11) is 2.12. The van der Waals surface area contributed by atoms with Gasteiger partial charge in [0.1, 0.15) is 21.9 Å². The van der Waals surface area contributed by atoms with Gasteiger partial charge in [-0.3, -0.25) is 0 Å². The second-order valence-electron chi connectivity index (χ2n) is 10.2. The Morgan fingerprint density at radius 2 is 1.88 bits per heavy atom. The Labute approximate surface area is 196 Å². The van der Waals surface area contributed by atoms with E-state index >= 15 is 0 Å². The molecule has 1 aliphatic rings. The molecule has 33 heavy (non-hydrogen) atoms. The first-order valence-corrected chi connectivity index (χ1v) is 11.8. The summed E-state index contributed by atoms with van der Waals surface area (Å²) >= 11 is 1.57. The van der Waals surface area contributed by atoms with Crippen LogP contribution in [-0.4, -0.2) is 44.1 Å². The van der Waals surface area contributed by atoms with E-state index in [2.05, 4.69) is 61.0 Å². The van der Waals surface area contributed by atoms with E-state index in [9.17, 15) is 5.26 Å². The maximum absolute atomic E-state index is 9.56. The van der Waals surface area contributed by atoms with Crippen LogP contribution < -0.4 is 10.2 Å². The normalized spacial score (nSPS) is 18.0. The van der Waals surface area contributed by atoms with E-state index < -0.39 is 0 Å². The molecule has 0 bridgehead atoms. The first kappa shape index (κ1) is 21.7. The molecule has 0 saturated carbocycles. The minimum absolute atomic E-state index is 0.0560. The van der Waals surface area contributed by atoms with E-state index in [0.717, 1.165) is 33.9 Å². The van der Waals surface area contributed by atoms with Crippen molar-refractivity contribution in [1.82, 2.24) is 25.3 Å². The number of hydrogen-bond acceptors (Lipinski definition) is 9. The maximum Gasteiger partial charge on any atom is 0.192 e. The Balaban J connectivity index is 1.50. The fourth-order valence-corrected chi connectivity index (χ4v) is 6.01. The van der Waals surface area contributed by atoms with Gasteiger partial charge in [0.15, 0.2) is 22.4 Å². The van der Waals surface area contributed by atoms with Gasteiger partial charge in [-0.2, -0.15) is 5.26 Å². The van der Waals surface area contributed by atoms with E-state index in [1.54, 1.807) is 30.5 Å². The highest BCUT2D eigenvalue weighted by atomic mass is 32.1. The number of piperidine rings is 1. The number of nitrogens with one attached hydrogen (secondary N) is 1. The summed E-state index contributed by atoms with van der Waals surface area (Å²) < 4.78 is 5.66. The molecule has 0 unspecified atom stereocenters. The molecular weight excluding hydrogens is 434 g/mol. The molecule has 4 heterocycles. The summed E-state index contributed by atoms with van der Waals surface area (Å²) in [5.41, 5.74) is 3.18. The predicted molar refractivity (Wildman–Crippen MR) is 130 cm³/mol. The number of aromatic nitrogens is 4. The lowest BCUT2D eigenvalue weighted by Gasteiger charge is -2.48. The lowest BCUT2D eigenvalue weighted by atomic mass is 9.79. The number of nitrogens with zero attached hydrogens (tertiary/aromatic N) is 6. The zero-order valence-corrected chi connectivity index (χ0v) is 20.5. The average Bonchev–Trinajstić information content (AvgIpc) is 3.31. The summed E-state index contributed by atoms with van der Waals surface area (Å²) in [5.74, 6) is 1.06. The van der Waals surface area contributed by atoms with Crippen molar-refractivity contribution >= 4 is 37.9 Å². The Kier molecular flexibility index (Phi) is 4.92. The molecule has 0 radical (unpaired) electrons. The van der Waals surface area contributed by atoms with Crippen molar-refractivity contribution in [3.63, 3.8) is 0 Å². The van der Waals surface area contributed by atoms with Crippen LogP contribution in [0.15, 0.2) is 22.7 Å². The molecular formula is C24H27N7OS. The van der Waals surface area contributed by atoms with Gasteiger partial charge >= 0.3 is 0 Å². The molecule has 1 N–H and O–H groups in total. The van der Waals surface area contributed by atoms with Gasteiger partial charge in [-0.25, -0.2) is 19.9 Å². The smallest absolute Gasteiger partial charge is 0.192 e. The molecule has 0 spiro atoms. The molecule has 0 atom stereocenters. The van der Waals surface area contributed by atoms with Crippen LogP contribution in [-0.2, 0) is 0 Å². The van der Waals surface area contributed by atoms with Crippen molar-refractivity contribution in [2.24, 2.45) is 0 Å². The quantitative estimate of drug-likeness (QED) is 0.463. The van der Waals surface area contributed by atoms with Gasteiger partial charge in [0.25, 0.3) is 0 Å². The number of oxazole rings is 1. The zero-order chi connectivity index (χ0) is 23.5. The van der Waals surface area contributed by atoms with Gasteiger partial charge in [0.2, 0.25) is 0 Å². The predicted octanol–water partition coefficient (Wildman–Crippen LogP) is 4.82. The van der Waals surface area contributed by atoms with E-state index in [4.69, 9.17) is 14.4 Å². The van der Waals surface area contributed by atoms with Crippen LogP contribution >= 0.6 is 11.3 Å². The third-order valence-electron chi connectivity index (χ3n) is 6.14. The second kappa shape index (κ2) is 7.47. The molecule has 170 valence electrons. The van der Waals surface area contributed by atoms with Gasteiger partial charge in [0, 0.05) is 36.7 Å². The number of nitriles is 1. The highest BCUT2D eigenvalue weighted by Gasteiger charge is 2.39. The largest absolute Gasteiger partial charge is 0.441 e. The lowest BCUT2D eigenvalue weighted by Crippen LogP contribution is -2.61. The molecule has 3 aromatic heterocycles. The van der Waals surface area contributed by atoms with Gasteiger partial charge in [0.05, 0.1) is 11.8 Å². The molecule has 0 amide bonds. The minimum Gasteiger partial charge on any atom is -0.441 e. The van der Waals surface area contributed by atoms with Gasteiger partial charge in [-0.1, -0.05) is 11.3 Å². The third kappa shape index (κ3) is 4.05. The standard InChI is InChI=1S/C24H27N7OS/c1-13-27-19-15(11-25)7-14(8-18(19)32-13)20-26-12-17-21(29-20)33-22(28-17)31(6)16-9-23(2,3)30-24(4,5)10-16/h7-8,12,16,30H,9-10H2,1-6H3. The third-order valence-corrected chi connectivity index (χ3v) is 7.19. The fraction of sp³-hybridized carbons (Fsp3) is 0.458. The molecule has 1 saturated heterocycles. The van der Waals surface area contributed by atoms with Crippen LogP contribution in [0, 0.1) is 18.3 Å². The molecule has 0 aliphatic carbocycles. The Hall–Kier alpha value is -3.09. The molecule has 1 aromatic carbocycles. The molecule has 8 nitrogen and oxygen atoms in total. The molecule has 4 aromatic rings. The average molecular weight is 462 g/mol. The second-order valence-corrected chi connectivity index (χ2v) is 11.1. The first-order chi connectivity index (χ1) is 15.5. The number of fused-ring (bicyclic) bond motifs is 2. The van der Waals surface area contributed by atoms with E-state index in [0.29, 0.717) is 34.4 Å². The van der Waals surface area contributed by atoms with Crippen molar-refractivity contribution in [1.29, 1.82) is 5.26 Å². The SMILES string of the molecule is Cc1nc2c(C#N)cc(-c3ncc4nc(N(C)C5CC(C)(C)NC(C)(C)C5)sc4n3)cc2o1. The summed E-state index contributed by atoms with van der Waals surface area (Å²) in [6.07, 6.45) is 3.82. The summed E-state index contributed by atoms with van der Waals surface area (Å²) in [6, 6.07) is 6.17. The molecule has 5 rings (SSSR count). The number of aryl methyl sites for hydroxylation is 1. The van der Waals surface area contributed by atoms with Gasteiger partial charge < -0.3 is 14.6 Å². The summed E-state index contributed by atoms with van der Waals surface area (Å²) in [6.45, 7) is 10.8. The van der Waals surface area contributed by atoms with Crippen molar-refractivity contribution in [2.45, 2.75) is 64.6 Å². The van der Waals surface area contributed by atoms with Crippen molar-refractivity contribution in [2.75, 3.05) is 11.9 Å². The molecule has 1 fully saturated rings.